The molecule has 21 heavy (non-hydrogen) atoms. The molecule has 0 bridgehead atoms. The Balaban J connectivity index is 1.83. The molecule has 0 saturated heterocycles. The number of aryl methyl sites for hydroxylation is 1. The number of hydrogen-bond acceptors (Lipinski definition) is 4. The van der Waals surface area contributed by atoms with Gasteiger partial charge in [0.05, 0.1) is 6.54 Å². The van der Waals surface area contributed by atoms with E-state index in [1.165, 1.54) is 10.4 Å². The van der Waals surface area contributed by atoms with E-state index in [-0.39, 0.29) is 0 Å². The summed E-state index contributed by atoms with van der Waals surface area (Å²) >= 11 is 7.84. The summed E-state index contributed by atoms with van der Waals surface area (Å²) in [7, 11) is 0. The molecular formula is C16H14ClN3S. The number of thiophene rings is 1. The molecule has 0 amide bonds. The maximum atomic E-state index is 6.10. The summed E-state index contributed by atoms with van der Waals surface area (Å²) in [4.78, 5) is 10.1. The zero-order valence-corrected chi connectivity index (χ0v) is 13.1. The van der Waals surface area contributed by atoms with Gasteiger partial charge in [-0.2, -0.15) is 0 Å². The highest BCUT2D eigenvalue weighted by Crippen LogP contribution is 2.22. The van der Waals surface area contributed by atoms with Gasteiger partial charge in [0, 0.05) is 16.5 Å². The third-order valence-electron chi connectivity index (χ3n) is 3.13. The van der Waals surface area contributed by atoms with Crippen LogP contribution in [-0.2, 0) is 6.54 Å². The molecule has 0 aliphatic rings. The van der Waals surface area contributed by atoms with Crippen molar-refractivity contribution in [1.82, 2.24) is 9.97 Å². The minimum atomic E-state index is 0.439. The van der Waals surface area contributed by atoms with Gasteiger partial charge in [-0.15, -0.1) is 11.3 Å². The minimum Gasteiger partial charge on any atom is -0.365 e. The van der Waals surface area contributed by atoms with E-state index in [1.54, 1.807) is 17.4 Å². The van der Waals surface area contributed by atoms with Crippen molar-refractivity contribution in [2.45, 2.75) is 13.5 Å². The first-order valence-corrected chi connectivity index (χ1v) is 7.85. The maximum absolute atomic E-state index is 6.10. The van der Waals surface area contributed by atoms with Gasteiger partial charge in [-0.3, -0.25) is 0 Å². The summed E-state index contributed by atoms with van der Waals surface area (Å²) in [6.45, 7) is 2.85. The molecule has 1 aromatic carbocycles. The van der Waals surface area contributed by atoms with Crippen molar-refractivity contribution in [2.24, 2.45) is 0 Å². The summed E-state index contributed by atoms with van der Waals surface area (Å²) in [5.74, 6) is 1.37. The van der Waals surface area contributed by atoms with E-state index in [2.05, 4.69) is 33.7 Å². The van der Waals surface area contributed by atoms with Crippen molar-refractivity contribution in [3.63, 3.8) is 0 Å². The van der Waals surface area contributed by atoms with E-state index in [9.17, 15) is 0 Å². The minimum absolute atomic E-state index is 0.439. The highest BCUT2D eigenvalue weighted by molar-refractivity contribution is 7.10. The molecule has 0 fully saturated rings. The number of benzene rings is 1. The standard InChI is InChI=1S/C16H14ClN3S/c1-11-7-8-21-13(11)10-18-15-9-14(17)19-16(20-15)12-5-3-2-4-6-12/h2-9H,10H2,1H3,(H,18,19,20). The van der Waals surface area contributed by atoms with E-state index in [0.29, 0.717) is 11.0 Å². The number of anilines is 1. The van der Waals surface area contributed by atoms with Gasteiger partial charge in [0.15, 0.2) is 5.82 Å². The van der Waals surface area contributed by atoms with E-state index >= 15 is 0 Å². The predicted octanol–water partition coefficient (Wildman–Crippen LogP) is 4.78. The fourth-order valence-corrected chi connectivity index (χ4v) is 3.01. The van der Waals surface area contributed by atoms with E-state index in [0.717, 1.165) is 17.9 Å². The maximum Gasteiger partial charge on any atom is 0.163 e. The molecule has 0 aliphatic heterocycles. The van der Waals surface area contributed by atoms with E-state index in [4.69, 9.17) is 11.6 Å². The molecule has 0 spiro atoms. The normalized spacial score (nSPS) is 10.6. The first kappa shape index (κ1) is 14.0. The van der Waals surface area contributed by atoms with Crippen molar-refractivity contribution >= 4 is 28.8 Å². The highest BCUT2D eigenvalue weighted by atomic mass is 35.5. The average Bonchev–Trinajstić information content (AvgIpc) is 2.91. The second kappa shape index (κ2) is 6.24. The molecule has 0 aliphatic carbocycles. The fourth-order valence-electron chi connectivity index (χ4n) is 1.98. The quantitative estimate of drug-likeness (QED) is 0.704. The van der Waals surface area contributed by atoms with E-state index in [1.807, 2.05) is 30.3 Å². The molecule has 3 nitrogen and oxygen atoms in total. The molecule has 0 atom stereocenters. The van der Waals surface area contributed by atoms with Gasteiger partial charge in [0.25, 0.3) is 0 Å². The van der Waals surface area contributed by atoms with Gasteiger partial charge >= 0.3 is 0 Å². The van der Waals surface area contributed by atoms with Gasteiger partial charge < -0.3 is 5.32 Å². The Labute approximate surface area is 132 Å². The Morgan fingerprint density at radius 3 is 2.67 bits per heavy atom. The van der Waals surface area contributed by atoms with Gasteiger partial charge in [-0.1, -0.05) is 41.9 Å². The van der Waals surface area contributed by atoms with Crippen LogP contribution in [0.15, 0.2) is 47.8 Å². The van der Waals surface area contributed by atoms with Crippen LogP contribution in [0.3, 0.4) is 0 Å². The van der Waals surface area contributed by atoms with Crippen molar-refractivity contribution in [2.75, 3.05) is 5.32 Å². The van der Waals surface area contributed by atoms with Crippen molar-refractivity contribution in [3.05, 3.63) is 63.4 Å². The Kier molecular flexibility index (Phi) is 4.18. The highest BCUT2D eigenvalue weighted by Gasteiger charge is 2.06. The number of aromatic nitrogens is 2. The van der Waals surface area contributed by atoms with Crippen molar-refractivity contribution in [3.8, 4) is 11.4 Å². The lowest BCUT2D eigenvalue weighted by Gasteiger charge is -2.08. The van der Waals surface area contributed by atoms with Crippen LogP contribution in [0, 0.1) is 6.92 Å². The Morgan fingerprint density at radius 2 is 1.95 bits per heavy atom. The predicted molar refractivity (Wildman–Crippen MR) is 88.9 cm³/mol. The van der Waals surface area contributed by atoms with Crippen LogP contribution in [0.25, 0.3) is 11.4 Å². The molecule has 0 saturated carbocycles. The SMILES string of the molecule is Cc1ccsc1CNc1cc(Cl)nc(-c2ccccc2)n1. The van der Waals surface area contributed by atoms with Gasteiger partial charge in [0.1, 0.15) is 11.0 Å². The van der Waals surface area contributed by atoms with Crippen LogP contribution in [0.4, 0.5) is 5.82 Å². The third kappa shape index (κ3) is 3.40. The Morgan fingerprint density at radius 1 is 1.14 bits per heavy atom. The van der Waals surface area contributed by atoms with E-state index < -0.39 is 0 Å². The third-order valence-corrected chi connectivity index (χ3v) is 4.34. The van der Waals surface area contributed by atoms with Gasteiger partial charge in [0.2, 0.25) is 0 Å². The van der Waals surface area contributed by atoms with Crippen LogP contribution in [0.5, 0.6) is 0 Å². The second-order valence-corrected chi connectivity index (χ2v) is 6.03. The number of nitrogens with one attached hydrogen (secondary N) is 1. The molecule has 1 N–H and O–H groups in total. The fraction of sp³-hybridized carbons (Fsp3) is 0.125. The smallest absolute Gasteiger partial charge is 0.163 e. The number of hydrogen-bond donors (Lipinski definition) is 1. The summed E-state index contributed by atoms with van der Waals surface area (Å²) in [6, 6.07) is 13.7. The number of rotatable bonds is 4. The Hall–Kier alpha value is -1.91. The van der Waals surface area contributed by atoms with Crippen LogP contribution in [-0.4, -0.2) is 9.97 Å². The largest absolute Gasteiger partial charge is 0.365 e. The molecule has 0 unspecified atom stereocenters. The zero-order valence-electron chi connectivity index (χ0n) is 11.5. The van der Waals surface area contributed by atoms with Gasteiger partial charge in [-0.05, 0) is 23.9 Å². The monoisotopic (exact) mass is 315 g/mol. The molecule has 106 valence electrons. The first-order chi connectivity index (χ1) is 10.2. The lowest BCUT2D eigenvalue weighted by Crippen LogP contribution is -2.02. The first-order valence-electron chi connectivity index (χ1n) is 6.59. The number of nitrogens with zero attached hydrogens (tertiary/aromatic N) is 2. The van der Waals surface area contributed by atoms with Crippen LogP contribution in [0.2, 0.25) is 5.15 Å². The van der Waals surface area contributed by atoms with Gasteiger partial charge in [-0.25, -0.2) is 9.97 Å². The molecule has 3 rings (SSSR count). The van der Waals surface area contributed by atoms with Crippen LogP contribution < -0.4 is 5.32 Å². The summed E-state index contributed by atoms with van der Waals surface area (Å²) in [5, 5.41) is 5.84. The van der Waals surface area contributed by atoms with Crippen LogP contribution >= 0.6 is 22.9 Å². The second-order valence-electron chi connectivity index (χ2n) is 4.65. The van der Waals surface area contributed by atoms with Crippen molar-refractivity contribution in [1.29, 1.82) is 0 Å². The van der Waals surface area contributed by atoms with Crippen molar-refractivity contribution < 1.29 is 0 Å². The summed E-state index contributed by atoms with van der Waals surface area (Å²) in [5.41, 5.74) is 2.24. The average molecular weight is 316 g/mol. The molecular weight excluding hydrogens is 302 g/mol. The van der Waals surface area contributed by atoms with Crippen LogP contribution in [0.1, 0.15) is 10.4 Å². The lowest BCUT2D eigenvalue weighted by atomic mass is 10.2. The molecule has 3 aromatic rings. The topological polar surface area (TPSA) is 37.8 Å². The molecule has 5 heteroatoms. The molecule has 0 radical (unpaired) electrons. The lowest BCUT2D eigenvalue weighted by molar-refractivity contribution is 1.10. The summed E-state index contributed by atoms with van der Waals surface area (Å²) < 4.78 is 0. The Bertz CT molecular complexity index is 740. The summed E-state index contributed by atoms with van der Waals surface area (Å²) in [6.07, 6.45) is 0. The number of halogens is 1. The zero-order chi connectivity index (χ0) is 14.7. The molecule has 2 heterocycles. The molecule has 2 aromatic heterocycles.